The van der Waals surface area contributed by atoms with Crippen LogP contribution < -0.4 is 22.4 Å². The highest BCUT2D eigenvalue weighted by Gasteiger charge is 2.40. The van der Waals surface area contributed by atoms with Crippen LogP contribution >= 0.6 is 0 Å². The molecule has 0 saturated heterocycles. The minimum absolute atomic E-state index is 0.414. The molecular weight excluding hydrogens is 306 g/mol. The van der Waals surface area contributed by atoms with Crippen molar-refractivity contribution in [3.63, 3.8) is 0 Å². The van der Waals surface area contributed by atoms with E-state index in [4.69, 9.17) is 20.8 Å². The zero-order valence-electron chi connectivity index (χ0n) is 13.7. The second-order valence-corrected chi connectivity index (χ2v) is 6.45. The monoisotopic (exact) mass is 326 g/mol. The maximum absolute atomic E-state index is 9.56. The van der Waals surface area contributed by atoms with Crippen molar-refractivity contribution in [2.75, 3.05) is 11.5 Å². The van der Waals surface area contributed by atoms with E-state index in [1.165, 1.54) is 0 Å². The number of hydrogen-bond donors (Lipinski definition) is 4. The SMILES string of the molecule is CC1(C)OB(O)c2cc(N)ccc21.Nc1ccc2c(c1)B(O)OC2. The molecule has 0 spiro atoms. The van der Waals surface area contributed by atoms with Gasteiger partial charge in [0.15, 0.2) is 0 Å². The van der Waals surface area contributed by atoms with Crippen molar-refractivity contribution in [3.8, 4) is 0 Å². The summed E-state index contributed by atoms with van der Waals surface area (Å²) in [4.78, 5) is 0. The first-order valence-electron chi connectivity index (χ1n) is 7.71. The summed E-state index contributed by atoms with van der Waals surface area (Å²) in [5.41, 5.74) is 15.6. The highest BCUT2D eigenvalue weighted by Crippen LogP contribution is 2.30. The molecule has 6 N–H and O–H groups in total. The minimum atomic E-state index is -0.839. The fourth-order valence-corrected chi connectivity index (χ4v) is 2.97. The molecule has 24 heavy (non-hydrogen) atoms. The third-order valence-corrected chi connectivity index (χ3v) is 4.23. The topological polar surface area (TPSA) is 111 Å². The molecule has 0 bridgehead atoms. The molecule has 4 rings (SSSR count). The zero-order valence-corrected chi connectivity index (χ0v) is 13.7. The molecule has 8 heteroatoms. The van der Waals surface area contributed by atoms with Gasteiger partial charge in [-0.1, -0.05) is 12.1 Å². The summed E-state index contributed by atoms with van der Waals surface area (Å²) in [5.74, 6) is 0. The molecule has 0 aromatic heterocycles. The quantitative estimate of drug-likeness (QED) is 0.391. The number of rotatable bonds is 0. The second-order valence-electron chi connectivity index (χ2n) is 6.45. The Labute approximate surface area is 141 Å². The summed E-state index contributed by atoms with van der Waals surface area (Å²) in [6, 6.07) is 10.9. The van der Waals surface area contributed by atoms with E-state index in [1.54, 1.807) is 18.2 Å². The Balaban J connectivity index is 0.000000143. The fourth-order valence-electron chi connectivity index (χ4n) is 2.97. The predicted molar refractivity (Wildman–Crippen MR) is 95.8 cm³/mol. The van der Waals surface area contributed by atoms with Crippen molar-refractivity contribution in [3.05, 3.63) is 47.5 Å². The zero-order chi connectivity index (χ0) is 17.5. The molecule has 0 amide bonds. The normalized spacial score (nSPS) is 17.2. The molecule has 0 saturated carbocycles. The van der Waals surface area contributed by atoms with Gasteiger partial charge in [-0.25, -0.2) is 0 Å². The van der Waals surface area contributed by atoms with Crippen molar-refractivity contribution >= 4 is 36.5 Å². The lowest BCUT2D eigenvalue weighted by atomic mass is 9.78. The largest absolute Gasteiger partial charge is 0.492 e. The number of nitrogens with two attached hydrogens (primary N) is 2. The van der Waals surface area contributed by atoms with Gasteiger partial charge < -0.3 is 30.8 Å². The molecule has 2 aliphatic heterocycles. The summed E-state index contributed by atoms with van der Waals surface area (Å²) < 4.78 is 10.4. The molecule has 2 aliphatic rings. The Morgan fingerprint density at radius 1 is 0.958 bits per heavy atom. The van der Waals surface area contributed by atoms with Gasteiger partial charge in [0, 0.05) is 11.4 Å². The van der Waals surface area contributed by atoms with Crippen LogP contribution in [0.25, 0.3) is 0 Å². The Morgan fingerprint density at radius 2 is 1.58 bits per heavy atom. The van der Waals surface area contributed by atoms with Crippen molar-refractivity contribution in [1.29, 1.82) is 0 Å². The minimum Gasteiger partial charge on any atom is -0.423 e. The van der Waals surface area contributed by atoms with E-state index in [9.17, 15) is 10.0 Å². The van der Waals surface area contributed by atoms with Crippen LogP contribution in [0.2, 0.25) is 0 Å². The van der Waals surface area contributed by atoms with E-state index in [1.807, 2.05) is 32.0 Å². The summed E-state index contributed by atoms with van der Waals surface area (Å²) in [5, 5.41) is 18.8. The van der Waals surface area contributed by atoms with Crippen molar-refractivity contribution in [2.24, 2.45) is 0 Å². The Kier molecular flexibility index (Phi) is 4.31. The van der Waals surface area contributed by atoms with Gasteiger partial charge in [-0.3, -0.25) is 0 Å². The van der Waals surface area contributed by atoms with Crippen LogP contribution in [0.3, 0.4) is 0 Å². The number of nitrogen functional groups attached to an aromatic ring is 2. The second kappa shape index (κ2) is 6.14. The van der Waals surface area contributed by atoms with E-state index in [0.717, 1.165) is 22.1 Å². The summed E-state index contributed by atoms with van der Waals surface area (Å²) in [6.07, 6.45) is 0. The number of fused-ring (bicyclic) bond motifs is 2. The van der Waals surface area contributed by atoms with Gasteiger partial charge in [-0.05, 0) is 60.2 Å². The van der Waals surface area contributed by atoms with Crippen LogP contribution in [0, 0.1) is 0 Å². The van der Waals surface area contributed by atoms with Crippen molar-refractivity contribution < 1.29 is 19.4 Å². The molecule has 0 radical (unpaired) electrons. The molecular formula is C16H20B2N2O4. The highest BCUT2D eigenvalue weighted by molar-refractivity contribution is 6.62. The fraction of sp³-hybridized carbons (Fsp3) is 0.250. The van der Waals surface area contributed by atoms with Crippen LogP contribution in [-0.4, -0.2) is 24.3 Å². The number of benzene rings is 2. The van der Waals surface area contributed by atoms with Crippen molar-refractivity contribution in [2.45, 2.75) is 26.1 Å². The molecule has 0 fully saturated rings. The van der Waals surface area contributed by atoms with Gasteiger partial charge >= 0.3 is 14.2 Å². The van der Waals surface area contributed by atoms with Crippen molar-refractivity contribution in [1.82, 2.24) is 0 Å². The first kappa shape index (κ1) is 16.9. The predicted octanol–water partition coefficient (Wildman–Crippen LogP) is -0.292. The third kappa shape index (κ3) is 3.14. The summed E-state index contributed by atoms with van der Waals surface area (Å²) in [7, 11) is -1.62. The number of hydrogen-bond acceptors (Lipinski definition) is 6. The maximum atomic E-state index is 9.56. The first-order valence-corrected chi connectivity index (χ1v) is 7.71. The average molecular weight is 326 g/mol. The molecule has 2 heterocycles. The van der Waals surface area contributed by atoms with Gasteiger partial charge in [0.25, 0.3) is 0 Å². The summed E-state index contributed by atoms with van der Waals surface area (Å²) >= 11 is 0. The van der Waals surface area contributed by atoms with Gasteiger partial charge in [-0.2, -0.15) is 0 Å². The standard InChI is InChI=1S/C9H12BNO2.C7H8BNO2/c1-9(2)7-4-3-6(11)5-8(7)10(12)13-9;9-6-2-1-5-4-11-8(10)7(5)3-6/h3-5,12H,11H2,1-2H3;1-3,10H,4,9H2. The van der Waals surface area contributed by atoms with E-state index < -0.39 is 19.8 Å². The third-order valence-electron chi connectivity index (χ3n) is 4.23. The molecule has 0 atom stereocenters. The first-order chi connectivity index (χ1) is 11.3. The number of anilines is 2. The van der Waals surface area contributed by atoms with Gasteiger partial charge in [-0.15, -0.1) is 0 Å². The van der Waals surface area contributed by atoms with Crippen LogP contribution in [0.5, 0.6) is 0 Å². The van der Waals surface area contributed by atoms with Crippen LogP contribution in [-0.2, 0) is 21.5 Å². The molecule has 2 aromatic carbocycles. The van der Waals surface area contributed by atoms with E-state index >= 15 is 0 Å². The Morgan fingerprint density at radius 3 is 2.29 bits per heavy atom. The van der Waals surface area contributed by atoms with E-state index in [2.05, 4.69) is 0 Å². The van der Waals surface area contributed by atoms with Gasteiger partial charge in [0.1, 0.15) is 0 Å². The van der Waals surface area contributed by atoms with Crippen LogP contribution in [0.4, 0.5) is 11.4 Å². The lowest BCUT2D eigenvalue weighted by molar-refractivity contribution is 0.101. The smallest absolute Gasteiger partial charge is 0.423 e. The average Bonchev–Trinajstić information content (AvgIpc) is 2.98. The van der Waals surface area contributed by atoms with Gasteiger partial charge in [0.2, 0.25) is 0 Å². The van der Waals surface area contributed by atoms with E-state index in [-0.39, 0.29) is 0 Å². The van der Waals surface area contributed by atoms with Gasteiger partial charge in [0.05, 0.1) is 12.2 Å². The molecule has 0 aliphatic carbocycles. The Hall–Kier alpha value is -1.99. The molecule has 124 valence electrons. The van der Waals surface area contributed by atoms with Crippen LogP contribution in [0.15, 0.2) is 36.4 Å². The lowest BCUT2D eigenvalue weighted by Gasteiger charge is -2.19. The molecule has 6 nitrogen and oxygen atoms in total. The molecule has 2 aromatic rings. The van der Waals surface area contributed by atoms with E-state index in [0.29, 0.717) is 18.0 Å². The Bertz CT molecular complexity index is 770. The highest BCUT2D eigenvalue weighted by atomic mass is 16.5. The molecule has 0 unspecified atom stereocenters. The lowest BCUT2D eigenvalue weighted by Crippen LogP contribution is -2.28. The van der Waals surface area contributed by atoms with Crippen LogP contribution in [0.1, 0.15) is 25.0 Å². The summed E-state index contributed by atoms with van der Waals surface area (Å²) in [6.45, 7) is 4.34. The maximum Gasteiger partial charge on any atom is 0.492 e.